The molecule has 1 N–H and O–H groups in total. The maximum absolute atomic E-state index is 12.1. The standard InChI is InChI=1S/C16H28N4O2/c1-4-5-8-17-16(21)20-9-6-7-13(11-20)15-18-14(19-22-15)10-12(2)3/h12-13H,4-11H2,1-3H3,(H,17,21)/t13-/m1/s1. The molecule has 0 bridgehead atoms. The Morgan fingerprint density at radius 2 is 2.32 bits per heavy atom. The summed E-state index contributed by atoms with van der Waals surface area (Å²) in [6, 6.07) is 0.0278. The molecule has 6 nitrogen and oxygen atoms in total. The van der Waals surface area contributed by atoms with Crippen molar-refractivity contribution in [2.75, 3.05) is 19.6 Å². The molecule has 0 spiro atoms. The lowest BCUT2D eigenvalue weighted by molar-refractivity contribution is 0.172. The van der Waals surface area contributed by atoms with Gasteiger partial charge >= 0.3 is 6.03 Å². The van der Waals surface area contributed by atoms with E-state index in [0.717, 1.165) is 51.0 Å². The number of aromatic nitrogens is 2. The molecule has 1 atom stereocenters. The second-order valence-electron chi connectivity index (χ2n) is 6.52. The van der Waals surface area contributed by atoms with Crippen molar-refractivity contribution in [1.82, 2.24) is 20.4 Å². The molecular weight excluding hydrogens is 280 g/mol. The topological polar surface area (TPSA) is 71.3 Å². The summed E-state index contributed by atoms with van der Waals surface area (Å²) in [5.74, 6) is 2.13. The Morgan fingerprint density at radius 1 is 1.50 bits per heavy atom. The maximum atomic E-state index is 12.1. The molecule has 0 aliphatic carbocycles. The Bertz CT molecular complexity index is 472. The van der Waals surface area contributed by atoms with E-state index in [1.807, 2.05) is 4.90 Å². The lowest BCUT2D eigenvalue weighted by atomic mass is 9.98. The Balaban J connectivity index is 1.89. The third-order valence-corrected chi connectivity index (χ3v) is 3.94. The predicted molar refractivity (Wildman–Crippen MR) is 84.7 cm³/mol. The lowest BCUT2D eigenvalue weighted by Crippen LogP contribution is -2.45. The zero-order chi connectivity index (χ0) is 15.9. The minimum Gasteiger partial charge on any atom is -0.339 e. The van der Waals surface area contributed by atoms with Gasteiger partial charge in [0.1, 0.15) is 0 Å². The zero-order valence-electron chi connectivity index (χ0n) is 14.0. The van der Waals surface area contributed by atoms with Crippen molar-refractivity contribution in [2.24, 2.45) is 5.92 Å². The van der Waals surface area contributed by atoms with E-state index in [0.29, 0.717) is 18.4 Å². The minimum absolute atomic E-state index is 0.0278. The largest absolute Gasteiger partial charge is 0.339 e. The van der Waals surface area contributed by atoms with Crippen molar-refractivity contribution in [2.45, 2.75) is 58.8 Å². The van der Waals surface area contributed by atoms with E-state index in [-0.39, 0.29) is 11.9 Å². The van der Waals surface area contributed by atoms with E-state index in [1.165, 1.54) is 0 Å². The summed E-state index contributed by atoms with van der Waals surface area (Å²) in [5.41, 5.74) is 0. The number of hydrogen-bond donors (Lipinski definition) is 1. The first kappa shape index (κ1) is 16.8. The van der Waals surface area contributed by atoms with E-state index >= 15 is 0 Å². The highest BCUT2D eigenvalue weighted by Crippen LogP contribution is 2.26. The van der Waals surface area contributed by atoms with E-state index in [4.69, 9.17) is 4.52 Å². The molecule has 2 amide bonds. The van der Waals surface area contributed by atoms with Crippen LogP contribution in [0, 0.1) is 5.92 Å². The van der Waals surface area contributed by atoms with Crippen LogP contribution in [-0.4, -0.2) is 40.7 Å². The number of rotatable bonds is 6. The lowest BCUT2D eigenvalue weighted by Gasteiger charge is -2.31. The molecule has 0 unspecified atom stereocenters. The Hall–Kier alpha value is -1.59. The maximum Gasteiger partial charge on any atom is 0.317 e. The molecule has 1 aliphatic heterocycles. The van der Waals surface area contributed by atoms with Gasteiger partial charge in [0.15, 0.2) is 5.82 Å². The number of urea groups is 1. The molecule has 124 valence electrons. The highest BCUT2D eigenvalue weighted by molar-refractivity contribution is 5.74. The summed E-state index contributed by atoms with van der Waals surface area (Å²) in [5, 5.41) is 7.03. The molecule has 1 aromatic heterocycles. The molecule has 22 heavy (non-hydrogen) atoms. The quantitative estimate of drug-likeness (QED) is 0.820. The zero-order valence-corrected chi connectivity index (χ0v) is 14.0. The molecule has 0 saturated carbocycles. The number of carbonyl (C=O) groups excluding carboxylic acids is 1. The van der Waals surface area contributed by atoms with E-state index in [1.54, 1.807) is 0 Å². The second kappa shape index (κ2) is 8.15. The fourth-order valence-electron chi connectivity index (χ4n) is 2.73. The first-order valence-electron chi connectivity index (χ1n) is 8.45. The summed E-state index contributed by atoms with van der Waals surface area (Å²) in [6.07, 6.45) is 4.92. The summed E-state index contributed by atoms with van der Waals surface area (Å²) in [7, 11) is 0. The second-order valence-corrected chi connectivity index (χ2v) is 6.52. The number of likely N-dealkylation sites (tertiary alicyclic amines) is 1. The molecule has 0 radical (unpaired) electrons. The number of piperidine rings is 1. The smallest absolute Gasteiger partial charge is 0.317 e. The number of hydrogen-bond acceptors (Lipinski definition) is 4. The van der Waals surface area contributed by atoms with Crippen molar-refractivity contribution in [3.8, 4) is 0 Å². The molecule has 1 saturated heterocycles. The average Bonchev–Trinajstić information content (AvgIpc) is 2.95. The van der Waals surface area contributed by atoms with Gasteiger partial charge < -0.3 is 14.7 Å². The molecule has 0 aromatic carbocycles. The van der Waals surface area contributed by atoms with Gasteiger partial charge in [0, 0.05) is 26.1 Å². The average molecular weight is 308 g/mol. The van der Waals surface area contributed by atoms with Gasteiger partial charge in [0.05, 0.1) is 5.92 Å². The molecule has 6 heteroatoms. The predicted octanol–water partition coefficient (Wildman–Crippen LogP) is 2.96. The molecule has 1 aromatic rings. The van der Waals surface area contributed by atoms with E-state index in [9.17, 15) is 4.79 Å². The molecule has 1 aliphatic rings. The first-order chi connectivity index (χ1) is 10.6. The Morgan fingerprint density at radius 3 is 3.05 bits per heavy atom. The highest BCUT2D eigenvalue weighted by Gasteiger charge is 2.28. The van der Waals surface area contributed by atoms with Crippen LogP contribution in [0.5, 0.6) is 0 Å². The number of nitrogens with zero attached hydrogens (tertiary/aromatic N) is 3. The monoisotopic (exact) mass is 308 g/mol. The van der Waals surface area contributed by atoms with Crippen molar-refractivity contribution < 1.29 is 9.32 Å². The Labute approximate surface area is 132 Å². The van der Waals surface area contributed by atoms with Crippen LogP contribution < -0.4 is 5.32 Å². The minimum atomic E-state index is 0.0278. The Kier molecular flexibility index (Phi) is 6.21. The van der Waals surface area contributed by atoms with Crippen molar-refractivity contribution >= 4 is 6.03 Å². The SMILES string of the molecule is CCCCNC(=O)N1CCC[C@@H](c2nc(CC(C)C)no2)C1. The number of nitrogens with one attached hydrogen (secondary N) is 1. The van der Waals surface area contributed by atoms with Crippen LogP contribution in [0.2, 0.25) is 0 Å². The molecule has 2 heterocycles. The van der Waals surface area contributed by atoms with Gasteiger partial charge in [-0.05, 0) is 25.2 Å². The van der Waals surface area contributed by atoms with Gasteiger partial charge in [-0.15, -0.1) is 0 Å². The van der Waals surface area contributed by atoms with E-state index < -0.39 is 0 Å². The molecule has 1 fully saturated rings. The first-order valence-corrected chi connectivity index (χ1v) is 8.45. The van der Waals surface area contributed by atoms with Gasteiger partial charge in [-0.3, -0.25) is 0 Å². The third-order valence-electron chi connectivity index (χ3n) is 3.94. The van der Waals surface area contributed by atoms with Crippen LogP contribution >= 0.6 is 0 Å². The van der Waals surface area contributed by atoms with Crippen LogP contribution in [0.3, 0.4) is 0 Å². The van der Waals surface area contributed by atoms with Crippen molar-refractivity contribution in [1.29, 1.82) is 0 Å². The fourth-order valence-corrected chi connectivity index (χ4v) is 2.73. The molecular formula is C16H28N4O2. The number of carbonyl (C=O) groups is 1. The van der Waals surface area contributed by atoms with Gasteiger partial charge in [0.25, 0.3) is 0 Å². The molecule has 2 rings (SSSR count). The van der Waals surface area contributed by atoms with Crippen LogP contribution in [0.25, 0.3) is 0 Å². The summed E-state index contributed by atoms with van der Waals surface area (Å²) in [6.45, 7) is 8.61. The fraction of sp³-hybridized carbons (Fsp3) is 0.812. The van der Waals surface area contributed by atoms with Gasteiger partial charge in [0.2, 0.25) is 5.89 Å². The van der Waals surface area contributed by atoms with Crippen LogP contribution in [0.15, 0.2) is 4.52 Å². The van der Waals surface area contributed by atoms with Gasteiger partial charge in [-0.25, -0.2) is 4.79 Å². The summed E-state index contributed by atoms with van der Waals surface area (Å²) >= 11 is 0. The summed E-state index contributed by atoms with van der Waals surface area (Å²) < 4.78 is 5.41. The number of amides is 2. The van der Waals surface area contributed by atoms with Crippen molar-refractivity contribution in [3.05, 3.63) is 11.7 Å². The van der Waals surface area contributed by atoms with Crippen LogP contribution in [-0.2, 0) is 6.42 Å². The third kappa shape index (κ3) is 4.71. The van der Waals surface area contributed by atoms with E-state index in [2.05, 4.69) is 36.2 Å². The van der Waals surface area contributed by atoms with Crippen LogP contribution in [0.1, 0.15) is 64.1 Å². The van der Waals surface area contributed by atoms with Crippen molar-refractivity contribution in [3.63, 3.8) is 0 Å². The summed E-state index contributed by atoms with van der Waals surface area (Å²) in [4.78, 5) is 18.5. The van der Waals surface area contributed by atoms with Gasteiger partial charge in [-0.1, -0.05) is 32.3 Å². The van der Waals surface area contributed by atoms with Gasteiger partial charge in [-0.2, -0.15) is 4.98 Å². The number of unbranched alkanes of at least 4 members (excludes halogenated alkanes) is 1. The van der Waals surface area contributed by atoms with Crippen LogP contribution in [0.4, 0.5) is 4.79 Å². The highest BCUT2D eigenvalue weighted by atomic mass is 16.5. The normalized spacial score (nSPS) is 18.7.